The summed E-state index contributed by atoms with van der Waals surface area (Å²) in [5.41, 5.74) is 0.683. The number of hydrogen-bond donors (Lipinski definition) is 1. The maximum Gasteiger partial charge on any atom is 0.199 e. The van der Waals surface area contributed by atoms with Crippen LogP contribution in [0.3, 0.4) is 0 Å². The van der Waals surface area contributed by atoms with Gasteiger partial charge in [0.05, 0.1) is 12.4 Å². The van der Waals surface area contributed by atoms with Crippen LogP contribution in [0.4, 0.5) is 5.82 Å². The van der Waals surface area contributed by atoms with Gasteiger partial charge in [-0.2, -0.15) is 4.52 Å². The molecule has 96 valence electrons. The largest absolute Gasteiger partial charge is 0.366 e. The lowest BCUT2D eigenvalue weighted by Gasteiger charge is -2.29. The molecular weight excluding hydrogens is 228 g/mol. The highest BCUT2D eigenvalue weighted by Gasteiger charge is 2.21. The lowest BCUT2D eigenvalue weighted by atomic mass is 9.84. The fraction of sp³-hybridized carbons (Fsp3) is 0.667. The van der Waals surface area contributed by atoms with Crippen molar-refractivity contribution in [1.82, 2.24) is 25.0 Å². The Labute approximate surface area is 106 Å². The van der Waals surface area contributed by atoms with Gasteiger partial charge in [-0.1, -0.05) is 26.2 Å². The first kappa shape index (κ1) is 11.4. The van der Waals surface area contributed by atoms with Gasteiger partial charge in [0.25, 0.3) is 0 Å². The fourth-order valence-corrected chi connectivity index (χ4v) is 2.78. The monoisotopic (exact) mass is 246 g/mol. The molecule has 6 heteroatoms. The van der Waals surface area contributed by atoms with E-state index in [1.807, 2.05) is 0 Å². The summed E-state index contributed by atoms with van der Waals surface area (Å²) in [5.74, 6) is 1.73. The Bertz CT molecular complexity index is 522. The number of anilines is 1. The average molecular weight is 246 g/mol. The Morgan fingerprint density at radius 2 is 2.33 bits per heavy atom. The predicted octanol–water partition coefficient (Wildman–Crippen LogP) is 1.90. The van der Waals surface area contributed by atoms with Crippen molar-refractivity contribution in [3.63, 3.8) is 0 Å². The van der Waals surface area contributed by atoms with Crippen LogP contribution in [0.15, 0.2) is 12.4 Å². The minimum Gasteiger partial charge on any atom is -0.366 e. The number of aromatic nitrogens is 5. The summed E-state index contributed by atoms with van der Waals surface area (Å²) in [6, 6.07) is 0.514. The van der Waals surface area contributed by atoms with Crippen LogP contribution in [-0.2, 0) is 0 Å². The van der Waals surface area contributed by atoms with E-state index < -0.39 is 0 Å². The highest BCUT2D eigenvalue weighted by atomic mass is 15.5. The molecule has 1 fully saturated rings. The van der Waals surface area contributed by atoms with Gasteiger partial charge in [0.1, 0.15) is 0 Å². The second-order valence-corrected chi connectivity index (χ2v) is 5.02. The standard InChI is InChI=1S/C12H18N6/c1-2-9-4-3-5-10(6-9)14-11-7-13-8-12-15-16-17-18(11)12/h7-10,14H,2-6H2,1H3. The summed E-state index contributed by atoms with van der Waals surface area (Å²) in [6.45, 7) is 2.27. The van der Waals surface area contributed by atoms with Gasteiger partial charge < -0.3 is 5.32 Å². The van der Waals surface area contributed by atoms with Crippen molar-refractivity contribution in [1.29, 1.82) is 0 Å². The second-order valence-electron chi connectivity index (χ2n) is 5.02. The quantitative estimate of drug-likeness (QED) is 0.895. The van der Waals surface area contributed by atoms with Crippen molar-refractivity contribution in [2.24, 2.45) is 5.92 Å². The Hall–Kier alpha value is -1.72. The Morgan fingerprint density at radius 1 is 1.39 bits per heavy atom. The molecule has 0 amide bonds. The fourth-order valence-electron chi connectivity index (χ4n) is 2.78. The van der Waals surface area contributed by atoms with E-state index >= 15 is 0 Å². The van der Waals surface area contributed by atoms with E-state index in [1.165, 1.54) is 32.1 Å². The van der Waals surface area contributed by atoms with Gasteiger partial charge in [-0.25, -0.2) is 0 Å². The van der Waals surface area contributed by atoms with Crippen molar-refractivity contribution in [3.05, 3.63) is 12.4 Å². The predicted molar refractivity (Wildman–Crippen MR) is 68.2 cm³/mol. The molecule has 0 saturated heterocycles. The number of nitrogens with zero attached hydrogens (tertiary/aromatic N) is 5. The summed E-state index contributed by atoms with van der Waals surface area (Å²) in [4.78, 5) is 4.16. The zero-order chi connectivity index (χ0) is 12.4. The third-order valence-electron chi connectivity index (χ3n) is 3.82. The lowest BCUT2D eigenvalue weighted by Crippen LogP contribution is -2.28. The van der Waals surface area contributed by atoms with E-state index in [2.05, 4.69) is 32.7 Å². The first-order chi connectivity index (χ1) is 8.86. The number of hydrogen-bond acceptors (Lipinski definition) is 5. The van der Waals surface area contributed by atoms with Gasteiger partial charge in [0.15, 0.2) is 11.5 Å². The molecule has 0 aromatic carbocycles. The number of nitrogens with one attached hydrogen (secondary N) is 1. The summed E-state index contributed by atoms with van der Waals surface area (Å²) >= 11 is 0. The van der Waals surface area contributed by atoms with Gasteiger partial charge in [-0.3, -0.25) is 4.98 Å². The number of fused-ring (bicyclic) bond motifs is 1. The molecule has 0 bridgehead atoms. The van der Waals surface area contributed by atoms with Crippen LogP contribution in [0, 0.1) is 5.92 Å². The van der Waals surface area contributed by atoms with E-state index in [1.54, 1.807) is 16.9 Å². The van der Waals surface area contributed by atoms with Crippen molar-refractivity contribution < 1.29 is 0 Å². The lowest BCUT2D eigenvalue weighted by molar-refractivity contribution is 0.326. The molecule has 18 heavy (non-hydrogen) atoms. The Morgan fingerprint density at radius 3 is 3.22 bits per heavy atom. The van der Waals surface area contributed by atoms with Crippen LogP contribution in [0.25, 0.3) is 5.65 Å². The van der Waals surface area contributed by atoms with E-state index in [0.717, 1.165) is 11.7 Å². The molecule has 2 aromatic rings. The van der Waals surface area contributed by atoms with Crippen molar-refractivity contribution in [3.8, 4) is 0 Å². The van der Waals surface area contributed by atoms with E-state index in [0.29, 0.717) is 11.7 Å². The highest BCUT2D eigenvalue weighted by molar-refractivity contribution is 5.44. The summed E-state index contributed by atoms with van der Waals surface area (Å²) in [5, 5.41) is 15.1. The number of tetrazole rings is 1. The van der Waals surface area contributed by atoms with Crippen LogP contribution in [0.1, 0.15) is 39.0 Å². The molecule has 2 aromatic heterocycles. The van der Waals surface area contributed by atoms with Crippen molar-refractivity contribution in [2.45, 2.75) is 45.1 Å². The van der Waals surface area contributed by atoms with E-state index in [9.17, 15) is 0 Å². The molecule has 0 aliphatic heterocycles. The first-order valence-electron chi connectivity index (χ1n) is 6.65. The summed E-state index contributed by atoms with van der Waals surface area (Å²) < 4.78 is 1.71. The zero-order valence-corrected chi connectivity index (χ0v) is 10.6. The molecule has 6 nitrogen and oxygen atoms in total. The molecule has 1 saturated carbocycles. The van der Waals surface area contributed by atoms with Gasteiger partial charge in [-0.05, 0) is 29.2 Å². The van der Waals surface area contributed by atoms with Crippen LogP contribution in [0.2, 0.25) is 0 Å². The van der Waals surface area contributed by atoms with Crippen molar-refractivity contribution in [2.75, 3.05) is 5.32 Å². The van der Waals surface area contributed by atoms with Crippen LogP contribution in [-0.4, -0.2) is 31.1 Å². The molecule has 1 aliphatic carbocycles. The minimum atomic E-state index is 0.514. The van der Waals surface area contributed by atoms with Crippen LogP contribution >= 0.6 is 0 Å². The zero-order valence-electron chi connectivity index (χ0n) is 10.6. The molecule has 1 N–H and O–H groups in total. The van der Waals surface area contributed by atoms with Gasteiger partial charge in [0, 0.05) is 6.04 Å². The van der Waals surface area contributed by atoms with E-state index in [-0.39, 0.29) is 0 Å². The molecule has 2 atom stereocenters. The summed E-state index contributed by atoms with van der Waals surface area (Å²) in [7, 11) is 0. The maximum absolute atomic E-state index is 4.16. The first-order valence-corrected chi connectivity index (χ1v) is 6.65. The van der Waals surface area contributed by atoms with Gasteiger partial charge in [0.2, 0.25) is 0 Å². The SMILES string of the molecule is CCC1CCCC(Nc2cncc3nnnn23)C1. The van der Waals surface area contributed by atoms with Gasteiger partial charge in [-0.15, -0.1) is 5.10 Å². The Kier molecular flexibility index (Phi) is 3.08. The molecule has 2 heterocycles. The highest BCUT2D eigenvalue weighted by Crippen LogP contribution is 2.28. The Balaban J connectivity index is 1.77. The normalized spacial score (nSPS) is 24.3. The topological polar surface area (TPSA) is 68.0 Å². The molecule has 0 spiro atoms. The van der Waals surface area contributed by atoms with Crippen LogP contribution in [0.5, 0.6) is 0 Å². The molecular formula is C12H18N6. The molecule has 3 rings (SSSR count). The molecule has 2 unspecified atom stereocenters. The summed E-state index contributed by atoms with van der Waals surface area (Å²) in [6.07, 6.45) is 9.84. The van der Waals surface area contributed by atoms with Gasteiger partial charge >= 0.3 is 0 Å². The van der Waals surface area contributed by atoms with Crippen LogP contribution < -0.4 is 5.32 Å². The molecule has 0 radical (unpaired) electrons. The minimum absolute atomic E-state index is 0.514. The third kappa shape index (κ3) is 2.14. The smallest absolute Gasteiger partial charge is 0.199 e. The average Bonchev–Trinajstić information content (AvgIpc) is 2.88. The van der Waals surface area contributed by atoms with Crippen molar-refractivity contribution >= 4 is 11.5 Å². The number of rotatable bonds is 3. The van der Waals surface area contributed by atoms with E-state index in [4.69, 9.17) is 0 Å². The third-order valence-corrected chi connectivity index (χ3v) is 3.82. The molecule has 1 aliphatic rings. The maximum atomic E-state index is 4.16. The second kappa shape index (κ2) is 4.88.